The molecule has 0 fully saturated rings. The van der Waals surface area contributed by atoms with Crippen LogP contribution in [-0.2, 0) is 32.0 Å². The second-order valence-corrected chi connectivity index (χ2v) is 8.42. The van der Waals surface area contributed by atoms with Gasteiger partial charge in [-0.15, -0.1) is 0 Å². The van der Waals surface area contributed by atoms with Gasteiger partial charge in [0.2, 0.25) is 0 Å². The standard InChI is InChI=1S/C24H27N3O6/c1-24(2,3)33-23(30)27-20-11-10-17(12-18(20)14-25-27)13-19(21(28)31-4)26-22(29)32-15-16-8-6-5-7-9-16/h5-12,14,19H,13,15H2,1-4H3,(H,26,29)/t19-/m1/s1. The van der Waals surface area contributed by atoms with Crippen molar-refractivity contribution in [3.05, 3.63) is 65.9 Å². The molecule has 33 heavy (non-hydrogen) atoms. The van der Waals surface area contributed by atoms with Crippen LogP contribution in [-0.4, -0.2) is 46.7 Å². The summed E-state index contributed by atoms with van der Waals surface area (Å²) < 4.78 is 16.6. The van der Waals surface area contributed by atoms with E-state index in [-0.39, 0.29) is 13.0 Å². The number of methoxy groups -OCH3 is 1. The molecule has 174 valence electrons. The number of nitrogens with zero attached hydrogens (tertiary/aromatic N) is 2. The molecule has 1 atom stereocenters. The lowest BCUT2D eigenvalue weighted by atomic mass is 10.0. The molecular formula is C24H27N3O6. The summed E-state index contributed by atoms with van der Waals surface area (Å²) in [4.78, 5) is 36.8. The highest BCUT2D eigenvalue weighted by atomic mass is 16.6. The molecule has 9 nitrogen and oxygen atoms in total. The van der Waals surface area contributed by atoms with Gasteiger partial charge in [-0.1, -0.05) is 36.4 Å². The maximum absolute atomic E-state index is 12.4. The van der Waals surface area contributed by atoms with Crippen molar-refractivity contribution in [2.75, 3.05) is 7.11 Å². The van der Waals surface area contributed by atoms with Gasteiger partial charge in [0.15, 0.2) is 0 Å². The molecule has 3 rings (SSSR count). The predicted octanol–water partition coefficient (Wildman–Crippen LogP) is 3.83. The van der Waals surface area contributed by atoms with Crippen LogP contribution in [0.5, 0.6) is 0 Å². The molecule has 0 aliphatic carbocycles. The summed E-state index contributed by atoms with van der Waals surface area (Å²) in [6.45, 7) is 5.41. The molecule has 1 N–H and O–H groups in total. The molecule has 0 aliphatic heterocycles. The van der Waals surface area contributed by atoms with Gasteiger partial charge in [-0.2, -0.15) is 9.78 Å². The summed E-state index contributed by atoms with van der Waals surface area (Å²) in [7, 11) is 1.25. The second kappa shape index (κ2) is 10.2. The molecule has 3 aromatic rings. The molecule has 1 aromatic heterocycles. The number of nitrogens with one attached hydrogen (secondary N) is 1. The zero-order valence-electron chi connectivity index (χ0n) is 19.0. The third-order valence-electron chi connectivity index (χ3n) is 4.63. The van der Waals surface area contributed by atoms with Crippen molar-refractivity contribution < 1.29 is 28.6 Å². The number of benzene rings is 2. The smallest absolute Gasteiger partial charge is 0.435 e. The molecule has 0 saturated carbocycles. The topological polar surface area (TPSA) is 109 Å². The molecule has 1 amide bonds. The highest BCUT2D eigenvalue weighted by Crippen LogP contribution is 2.19. The van der Waals surface area contributed by atoms with Crippen LogP contribution in [0.2, 0.25) is 0 Å². The third-order valence-corrected chi connectivity index (χ3v) is 4.63. The van der Waals surface area contributed by atoms with E-state index in [2.05, 4.69) is 10.4 Å². The van der Waals surface area contributed by atoms with Gasteiger partial charge in [0.25, 0.3) is 0 Å². The Bertz CT molecular complexity index is 1130. The lowest BCUT2D eigenvalue weighted by Gasteiger charge is -2.19. The highest BCUT2D eigenvalue weighted by molar-refractivity contribution is 5.88. The maximum atomic E-state index is 12.4. The third kappa shape index (κ3) is 6.55. The Morgan fingerprint density at radius 2 is 1.79 bits per heavy atom. The Balaban J connectivity index is 1.69. The van der Waals surface area contributed by atoms with Crippen LogP contribution in [0, 0.1) is 0 Å². The van der Waals surface area contributed by atoms with E-state index in [4.69, 9.17) is 14.2 Å². The number of hydrogen-bond donors (Lipinski definition) is 1. The number of alkyl carbamates (subject to hydrolysis) is 1. The van der Waals surface area contributed by atoms with Crippen LogP contribution < -0.4 is 5.32 Å². The summed E-state index contributed by atoms with van der Waals surface area (Å²) >= 11 is 0. The van der Waals surface area contributed by atoms with Crippen molar-refractivity contribution in [2.45, 2.75) is 45.4 Å². The van der Waals surface area contributed by atoms with Gasteiger partial charge in [-0.3, -0.25) is 0 Å². The Morgan fingerprint density at radius 1 is 1.06 bits per heavy atom. The summed E-state index contributed by atoms with van der Waals surface area (Å²) in [5, 5.41) is 7.35. The van der Waals surface area contributed by atoms with Crippen LogP contribution in [0.15, 0.2) is 54.7 Å². The first-order valence-electron chi connectivity index (χ1n) is 10.4. The van der Waals surface area contributed by atoms with E-state index in [9.17, 15) is 14.4 Å². The first-order valence-corrected chi connectivity index (χ1v) is 10.4. The molecule has 2 aromatic carbocycles. The lowest BCUT2D eigenvalue weighted by molar-refractivity contribution is -0.143. The SMILES string of the molecule is COC(=O)[C@@H](Cc1ccc2c(cnn2C(=O)OC(C)(C)C)c1)NC(=O)OCc1ccccc1. The maximum Gasteiger partial charge on any atom is 0.435 e. The van der Waals surface area contributed by atoms with Crippen LogP contribution >= 0.6 is 0 Å². The van der Waals surface area contributed by atoms with E-state index in [0.29, 0.717) is 10.9 Å². The minimum Gasteiger partial charge on any atom is -0.467 e. The van der Waals surface area contributed by atoms with E-state index in [0.717, 1.165) is 11.1 Å². The van der Waals surface area contributed by atoms with Crippen molar-refractivity contribution in [3.63, 3.8) is 0 Å². The van der Waals surface area contributed by atoms with Gasteiger partial charge in [0.05, 0.1) is 18.8 Å². The first-order chi connectivity index (χ1) is 15.7. The van der Waals surface area contributed by atoms with Crippen molar-refractivity contribution in [1.29, 1.82) is 0 Å². The Hall–Kier alpha value is -3.88. The quantitative estimate of drug-likeness (QED) is 0.446. The Labute approximate surface area is 191 Å². The van der Waals surface area contributed by atoms with Crippen molar-refractivity contribution in [2.24, 2.45) is 0 Å². The number of carbonyl (C=O) groups is 3. The molecule has 0 bridgehead atoms. The molecule has 1 heterocycles. The molecule has 0 aliphatic rings. The monoisotopic (exact) mass is 453 g/mol. The molecule has 9 heteroatoms. The molecule has 0 unspecified atom stereocenters. The van der Waals surface area contributed by atoms with E-state index >= 15 is 0 Å². The summed E-state index contributed by atoms with van der Waals surface area (Å²) in [5.74, 6) is -0.601. The van der Waals surface area contributed by atoms with Gasteiger partial charge >= 0.3 is 18.2 Å². The summed E-state index contributed by atoms with van der Waals surface area (Å²) in [5.41, 5.74) is 1.49. The van der Waals surface area contributed by atoms with E-state index in [1.165, 1.54) is 18.0 Å². The fourth-order valence-electron chi connectivity index (χ4n) is 3.14. The molecule has 0 saturated heterocycles. The van der Waals surface area contributed by atoms with E-state index in [1.807, 2.05) is 30.3 Å². The number of carbonyl (C=O) groups excluding carboxylic acids is 3. The first kappa shape index (κ1) is 23.8. The number of rotatable bonds is 6. The minimum atomic E-state index is -0.948. The van der Waals surface area contributed by atoms with Gasteiger partial charge in [-0.05, 0) is 44.0 Å². The fraction of sp³-hybridized carbons (Fsp3) is 0.333. The van der Waals surface area contributed by atoms with Gasteiger partial charge in [0.1, 0.15) is 18.2 Å². The minimum absolute atomic E-state index is 0.0797. The van der Waals surface area contributed by atoms with Crippen molar-refractivity contribution >= 4 is 29.1 Å². The van der Waals surface area contributed by atoms with Gasteiger partial charge in [-0.25, -0.2) is 14.4 Å². The number of ether oxygens (including phenoxy) is 3. The zero-order chi connectivity index (χ0) is 24.0. The number of esters is 1. The summed E-state index contributed by atoms with van der Waals surface area (Å²) in [6.07, 6.45) is 0.395. The molecule has 0 spiro atoms. The molecule has 0 radical (unpaired) electrons. The van der Waals surface area contributed by atoms with Crippen LogP contribution in [0.25, 0.3) is 10.9 Å². The Morgan fingerprint density at radius 3 is 2.45 bits per heavy atom. The Kier molecular flexibility index (Phi) is 7.32. The van der Waals surface area contributed by atoms with Gasteiger partial charge < -0.3 is 19.5 Å². The van der Waals surface area contributed by atoms with E-state index in [1.54, 1.807) is 39.0 Å². The fourth-order valence-corrected chi connectivity index (χ4v) is 3.14. The predicted molar refractivity (Wildman–Crippen MR) is 121 cm³/mol. The average Bonchev–Trinajstić information content (AvgIpc) is 3.20. The zero-order valence-corrected chi connectivity index (χ0v) is 19.0. The van der Waals surface area contributed by atoms with Crippen LogP contribution in [0.3, 0.4) is 0 Å². The summed E-state index contributed by atoms with van der Waals surface area (Å²) in [6, 6.07) is 13.5. The molecular weight excluding hydrogens is 426 g/mol. The van der Waals surface area contributed by atoms with Crippen LogP contribution in [0.4, 0.5) is 9.59 Å². The van der Waals surface area contributed by atoms with Crippen LogP contribution in [0.1, 0.15) is 31.9 Å². The number of fused-ring (bicyclic) bond motifs is 1. The highest BCUT2D eigenvalue weighted by Gasteiger charge is 2.24. The number of amides is 1. The average molecular weight is 453 g/mol. The van der Waals surface area contributed by atoms with Crippen molar-refractivity contribution in [3.8, 4) is 0 Å². The van der Waals surface area contributed by atoms with Crippen molar-refractivity contribution in [1.82, 2.24) is 15.1 Å². The van der Waals surface area contributed by atoms with Gasteiger partial charge in [0, 0.05) is 11.8 Å². The van der Waals surface area contributed by atoms with E-state index < -0.39 is 29.8 Å². The largest absolute Gasteiger partial charge is 0.467 e. The second-order valence-electron chi connectivity index (χ2n) is 8.42. The number of hydrogen-bond acceptors (Lipinski definition) is 7. The lowest BCUT2D eigenvalue weighted by Crippen LogP contribution is -2.43. The number of aromatic nitrogens is 2. The normalized spacial score (nSPS) is 12.1.